The molecule has 3 aromatic rings. The number of ether oxygens (including phenoxy) is 2. The van der Waals surface area contributed by atoms with Crippen molar-refractivity contribution in [2.45, 2.75) is 57.0 Å². The van der Waals surface area contributed by atoms with Gasteiger partial charge in [-0.25, -0.2) is 4.79 Å². The van der Waals surface area contributed by atoms with E-state index in [1.807, 2.05) is 30.3 Å². The molecule has 0 bridgehead atoms. The standard InChI is InChI=1S/C25H32N6O5/c1-24(2,26)22(33)27-19(15-35-13-17-7-4-3-5-8-17)21-30-29-20-10-6-9-18(31(20)21)14-36-23(34)28-25(16-32)11-12-25/h3-10,19,32H,11-16,26H2,1-2H3,(H,27,33)(H,28,34)/t19-/m1/s1. The van der Waals surface area contributed by atoms with Crippen LogP contribution < -0.4 is 16.4 Å². The molecule has 2 amide bonds. The van der Waals surface area contributed by atoms with E-state index in [-0.39, 0.29) is 25.7 Å². The molecule has 0 aliphatic heterocycles. The average molecular weight is 497 g/mol. The maximum atomic E-state index is 12.8. The normalized spacial score (nSPS) is 15.3. The summed E-state index contributed by atoms with van der Waals surface area (Å²) in [4.78, 5) is 25.0. The Kier molecular flexibility index (Phi) is 7.53. The van der Waals surface area contributed by atoms with Gasteiger partial charge in [0, 0.05) is 0 Å². The highest BCUT2D eigenvalue weighted by molar-refractivity contribution is 5.85. The quantitative estimate of drug-likeness (QED) is 0.312. The van der Waals surface area contributed by atoms with Crippen LogP contribution in [0.2, 0.25) is 0 Å². The molecular weight excluding hydrogens is 464 g/mol. The van der Waals surface area contributed by atoms with Crippen LogP contribution >= 0.6 is 0 Å². The zero-order chi connectivity index (χ0) is 25.8. The minimum absolute atomic E-state index is 0.0658. The minimum Gasteiger partial charge on any atom is -0.443 e. The molecule has 1 fully saturated rings. The molecule has 0 saturated heterocycles. The van der Waals surface area contributed by atoms with Gasteiger partial charge in [0.25, 0.3) is 0 Å². The number of aromatic nitrogens is 3. The van der Waals surface area contributed by atoms with E-state index >= 15 is 0 Å². The molecular formula is C25H32N6O5. The second-order valence-electron chi connectivity index (χ2n) is 9.66. The van der Waals surface area contributed by atoms with Gasteiger partial charge in [-0.15, -0.1) is 10.2 Å². The lowest BCUT2D eigenvalue weighted by atomic mass is 10.1. The number of nitrogens with two attached hydrogens (primary N) is 1. The fourth-order valence-electron chi connectivity index (χ4n) is 3.63. The van der Waals surface area contributed by atoms with Crippen LogP contribution in [-0.2, 0) is 27.5 Å². The second-order valence-corrected chi connectivity index (χ2v) is 9.66. The van der Waals surface area contributed by atoms with Gasteiger partial charge >= 0.3 is 6.09 Å². The number of alkyl carbamates (subject to hydrolysis) is 1. The van der Waals surface area contributed by atoms with E-state index in [1.165, 1.54) is 0 Å². The zero-order valence-corrected chi connectivity index (χ0v) is 20.4. The van der Waals surface area contributed by atoms with Crippen molar-refractivity contribution >= 4 is 17.6 Å². The highest BCUT2D eigenvalue weighted by Crippen LogP contribution is 2.34. The first-order chi connectivity index (χ1) is 17.2. The van der Waals surface area contributed by atoms with Gasteiger partial charge in [0.1, 0.15) is 12.6 Å². The van der Waals surface area contributed by atoms with Crippen LogP contribution in [0.5, 0.6) is 0 Å². The summed E-state index contributed by atoms with van der Waals surface area (Å²) in [6, 6.07) is 14.3. The van der Waals surface area contributed by atoms with E-state index in [1.54, 1.807) is 36.4 Å². The highest BCUT2D eigenvalue weighted by Gasteiger charge is 2.44. The van der Waals surface area contributed by atoms with Crippen LogP contribution in [-0.4, -0.2) is 56.0 Å². The summed E-state index contributed by atoms with van der Waals surface area (Å²) in [7, 11) is 0. The SMILES string of the molecule is CC(C)(N)C(=O)N[C@H](COCc1ccccc1)c1nnc2cccc(COC(=O)NC3(CO)CC3)n12. The van der Waals surface area contributed by atoms with Crippen molar-refractivity contribution in [2.75, 3.05) is 13.2 Å². The molecule has 1 aliphatic rings. The van der Waals surface area contributed by atoms with Gasteiger partial charge in [-0.2, -0.15) is 0 Å². The van der Waals surface area contributed by atoms with Crippen molar-refractivity contribution < 1.29 is 24.2 Å². The minimum atomic E-state index is -1.12. The predicted molar refractivity (Wildman–Crippen MR) is 131 cm³/mol. The molecule has 0 radical (unpaired) electrons. The number of nitrogens with zero attached hydrogens (tertiary/aromatic N) is 3. The van der Waals surface area contributed by atoms with Gasteiger partial charge < -0.3 is 30.9 Å². The van der Waals surface area contributed by atoms with Crippen LogP contribution in [0, 0.1) is 0 Å². The molecule has 11 heteroatoms. The molecule has 1 saturated carbocycles. The number of amides is 2. The predicted octanol–water partition coefficient (Wildman–Crippen LogP) is 1.59. The second kappa shape index (κ2) is 10.6. The van der Waals surface area contributed by atoms with Crippen molar-refractivity contribution in [3.8, 4) is 0 Å². The van der Waals surface area contributed by atoms with Crippen LogP contribution in [0.4, 0.5) is 4.79 Å². The molecule has 11 nitrogen and oxygen atoms in total. The van der Waals surface area contributed by atoms with Crippen molar-refractivity contribution in [2.24, 2.45) is 5.73 Å². The van der Waals surface area contributed by atoms with Crippen molar-refractivity contribution in [3.05, 3.63) is 65.6 Å². The summed E-state index contributed by atoms with van der Waals surface area (Å²) in [6.07, 6.45) is 0.811. The third kappa shape index (κ3) is 6.17. The molecule has 0 spiro atoms. The number of nitrogens with one attached hydrogen (secondary N) is 2. The number of hydrogen-bond acceptors (Lipinski definition) is 8. The Hall–Kier alpha value is -3.54. The monoisotopic (exact) mass is 496 g/mol. The van der Waals surface area contributed by atoms with Gasteiger partial charge in [-0.05, 0) is 44.4 Å². The number of aliphatic hydroxyl groups is 1. The molecule has 4 rings (SSSR count). The van der Waals surface area contributed by atoms with E-state index in [0.29, 0.717) is 36.6 Å². The third-order valence-corrected chi connectivity index (χ3v) is 6.01. The third-order valence-electron chi connectivity index (χ3n) is 6.01. The molecule has 1 atom stereocenters. The number of carbonyl (C=O) groups is 2. The number of carbonyl (C=O) groups excluding carboxylic acids is 2. The maximum Gasteiger partial charge on any atom is 0.408 e. The van der Waals surface area contributed by atoms with Crippen molar-refractivity contribution in [1.82, 2.24) is 25.2 Å². The van der Waals surface area contributed by atoms with Crippen LogP contribution in [0.15, 0.2) is 48.5 Å². The average Bonchev–Trinajstić information content (AvgIpc) is 3.49. The Bertz CT molecular complexity index is 1200. The Morgan fingerprint density at radius 3 is 2.56 bits per heavy atom. The highest BCUT2D eigenvalue weighted by atomic mass is 16.5. The molecule has 36 heavy (non-hydrogen) atoms. The molecule has 0 unspecified atom stereocenters. The Morgan fingerprint density at radius 1 is 1.14 bits per heavy atom. The molecule has 5 N–H and O–H groups in total. The summed E-state index contributed by atoms with van der Waals surface area (Å²) < 4.78 is 13.1. The Labute approximate surface area is 209 Å². The summed E-state index contributed by atoms with van der Waals surface area (Å²) in [6.45, 7) is 3.50. The molecule has 2 aromatic heterocycles. The molecule has 1 aromatic carbocycles. The lowest BCUT2D eigenvalue weighted by Crippen LogP contribution is -2.51. The van der Waals surface area contributed by atoms with Gasteiger partial charge in [0.2, 0.25) is 5.91 Å². The first-order valence-corrected chi connectivity index (χ1v) is 11.8. The lowest BCUT2D eigenvalue weighted by Gasteiger charge is -2.24. The summed E-state index contributed by atoms with van der Waals surface area (Å²) in [5, 5.41) is 23.6. The largest absolute Gasteiger partial charge is 0.443 e. The number of aliphatic hydroxyl groups excluding tert-OH is 1. The molecule has 1 aliphatic carbocycles. The zero-order valence-electron chi connectivity index (χ0n) is 20.4. The van der Waals surface area contributed by atoms with Gasteiger partial charge in [-0.3, -0.25) is 9.20 Å². The van der Waals surface area contributed by atoms with Gasteiger partial charge in [-0.1, -0.05) is 36.4 Å². The molecule has 2 heterocycles. The number of benzene rings is 1. The molecule has 192 valence electrons. The topological polar surface area (TPSA) is 153 Å². The van der Waals surface area contributed by atoms with Crippen LogP contribution in [0.1, 0.15) is 49.8 Å². The maximum absolute atomic E-state index is 12.8. The number of hydrogen-bond donors (Lipinski definition) is 4. The van der Waals surface area contributed by atoms with Crippen LogP contribution in [0.25, 0.3) is 5.65 Å². The smallest absolute Gasteiger partial charge is 0.408 e. The summed E-state index contributed by atoms with van der Waals surface area (Å²) in [5.41, 5.74) is 6.43. The Morgan fingerprint density at radius 2 is 1.89 bits per heavy atom. The summed E-state index contributed by atoms with van der Waals surface area (Å²) >= 11 is 0. The van der Waals surface area contributed by atoms with Crippen molar-refractivity contribution in [1.29, 1.82) is 0 Å². The van der Waals surface area contributed by atoms with E-state index < -0.39 is 23.2 Å². The Balaban J connectivity index is 1.54. The summed E-state index contributed by atoms with van der Waals surface area (Å²) in [5.74, 6) is 0.0451. The number of pyridine rings is 1. The fraction of sp³-hybridized carbons (Fsp3) is 0.440. The van der Waals surface area contributed by atoms with Crippen LogP contribution in [0.3, 0.4) is 0 Å². The van der Waals surface area contributed by atoms with E-state index in [2.05, 4.69) is 20.8 Å². The van der Waals surface area contributed by atoms with E-state index in [9.17, 15) is 14.7 Å². The lowest BCUT2D eigenvalue weighted by molar-refractivity contribution is -0.126. The van der Waals surface area contributed by atoms with E-state index in [0.717, 1.165) is 5.56 Å². The number of rotatable bonds is 11. The van der Waals surface area contributed by atoms with Gasteiger partial charge in [0.05, 0.1) is 36.6 Å². The van der Waals surface area contributed by atoms with Crippen molar-refractivity contribution in [3.63, 3.8) is 0 Å². The first-order valence-electron chi connectivity index (χ1n) is 11.8. The number of fused-ring (bicyclic) bond motifs is 1. The van der Waals surface area contributed by atoms with Gasteiger partial charge in [0.15, 0.2) is 11.5 Å². The van der Waals surface area contributed by atoms with E-state index in [4.69, 9.17) is 15.2 Å². The fourth-order valence-corrected chi connectivity index (χ4v) is 3.63. The first kappa shape index (κ1) is 25.5.